The second kappa shape index (κ2) is 8.88. The van der Waals surface area contributed by atoms with Gasteiger partial charge in [0.1, 0.15) is 20.4 Å². The van der Waals surface area contributed by atoms with Gasteiger partial charge in [-0.15, -0.1) is 0 Å². The highest BCUT2D eigenvalue weighted by Crippen LogP contribution is 2.44. The van der Waals surface area contributed by atoms with E-state index < -0.39 is 39.3 Å². The van der Waals surface area contributed by atoms with Gasteiger partial charge < -0.3 is 27.5 Å². The molecule has 14 heteroatoms. The molecule has 0 bridgehead atoms. The average Bonchev–Trinajstić information content (AvgIpc) is 3.25. The van der Waals surface area contributed by atoms with Crippen LogP contribution in [0.1, 0.15) is 6.23 Å². The molecule has 2 aliphatic rings. The van der Waals surface area contributed by atoms with Gasteiger partial charge in [0.05, 0.1) is 6.61 Å². The number of ether oxygens (including phenoxy) is 2. The third-order valence-corrected chi connectivity index (χ3v) is 10.5. The van der Waals surface area contributed by atoms with Gasteiger partial charge in [-0.1, -0.05) is 39.3 Å². The molecule has 202 valence electrons. The maximum atomic E-state index is 13.7. The lowest BCUT2D eigenvalue weighted by atomic mass is 10.1. The van der Waals surface area contributed by atoms with Crippen LogP contribution >= 0.6 is 0 Å². The van der Waals surface area contributed by atoms with E-state index in [-0.39, 0.29) is 23.9 Å². The van der Waals surface area contributed by atoms with E-state index >= 15 is 0 Å². The van der Waals surface area contributed by atoms with Gasteiger partial charge in [-0.3, -0.25) is 4.79 Å². The van der Waals surface area contributed by atoms with Gasteiger partial charge in [0.25, 0.3) is 5.56 Å². The van der Waals surface area contributed by atoms with Crippen molar-refractivity contribution in [1.82, 2.24) is 18.8 Å². The number of nitrogens with one attached hydrogen (secondary N) is 1. The van der Waals surface area contributed by atoms with Crippen molar-refractivity contribution in [2.45, 2.75) is 103 Å². The van der Waals surface area contributed by atoms with Crippen molar-refractivity contribution in [2.75, 3.05) is 11.6 Å². The zero-order chi connectivity index (χ0) is 27.0. The lowest BCUT2D eigenvalue weighted by Crippen LogP contribution is -2.46. The molecule has 2 aromatic heterocycles. The Morgan fingerprint density at radius 2 is 1.58 bits per heavy atom. The highest BCUT2D eigenvalue weighted by molar-refractivity contribution is 6.80. The summed E-state index contributed by atoms with van der Waals surface area (Å²) in [7, 11) is -7.56. The first-order valence-electron chi connectivity index (χ1n) is 12.7. The summed E-state index contributed by atoms with van der Waals surface area (Å²) in [6.45, 7) is 26.4. The van der Waals surface area contributed by atoms with E-state index in [1.165, 1.54) is 0 Å². The smallest absolute Gasteiger partial charge is 0.301 e. The Kier molecular flexibility index (Phi) is 6.84. The van der Waals surface area contributed by atoms with Gasteiger partial charge in [-0.05, 0) is 39.3 Å². The first-order valence-corrected chi connectivity index (χ1v) is 26.5. The van der Waals surface area contributed by atoms with Crippen LogP contribution in [0.4, 0.5) is 5.95 Å². The molecule has 0 amide bonds. The lowest BCUT2D eigenvalue weighted by molar-refractivity contribution is -0.0352. The summed E-state index contributed by atoms with van der Waals surface area (Å²) in [6, 6.07) is 0.366. The molecule has 4 rings (SSSR count). The van der Waals surface area contributed by atoms with Crippen molar-refractivity contribution in [3.63, 3.8) is 0 Å². The van der Waals surface area contributed by atoms with E-state index in [0.717, 1.165) is 0 Å². The number of hydrogen-bond donors (Lipinski definition) is 1. The molecule has 1 fully saturated rings. The predicted octanol–water partition coefficient (Wildman–Crippen LogP) is 4.25. The van der Waals surface area contributed by atoms with Gasteiger partial charge in [0.15, 0.2) is 54.3 Å². The van der Waals surface area contributed by atoms with Crippen molar-refractivity contribution in [3.8, 4) is 6.01 Å². The number of rotatable bonds is 8. The van der Waals surface area contributed by atoms with Crippen LogP contribution in [0, 0.1) is 0 Å². The first-order chi connectivity index (χ1) is 16.3. The molecule has 1 saturated heterocycles. The Labute approximate surface area is 218 Å². The molecule has 10 nitrogen and oxygen atoms in total. The number of nitrogens with zero attached hydrogens (tertiary/aromatic N) is 4. The summed E-state index contributed by atoms with van der Waals surface area (Å²) < 4.78 is 29.4. The van der Waals surface area contributed by atoms with E-state index in [2.05, 4.69) is 88.5 Å². The van der Waals surface area contributed by atoms with Crippen molar-refractivity contribution in [1.29, 1.82) is 0 Å². The summed E-state index contributed by atoms with van der Waals surface area (Å²) in [5, 5.41) is 0. The van der Waals surface area contributed by atoms with Crippen LogP contribution in [0.2, 0.25) is 78.6 Å². The normalized spacial score (nSPS) is 24.7. The average molecular weight is 570 g/mol. The molecule has 4 atom stereocenters. The maximum absolute atomic E-state index is 13.7. The fourth-order valence-corrected chi connectivity index (χ4v) is 8.71. The van der Waals surface area contributed by atoms with Crippen LogP contribution < -0.4 is 15.3 Å². The van der Waals surface area contributed by atoms with Gasteiger partial charge in [-0.25, -0.2) is 4.57 Å². The molecule has 2 aromatic rings. The number of fused-ring (bicyclic) bond motifs is 5. The molecule has 1 N–H and O–H groups in total. The Balaban J connectivity index is 1.80. The SMILES string of the molecule is C[Si](C)(C)Nc1nc2c(nc3n2[C@@H]2O[C@H](CO[Si](C)(C)C)[C@@H](O[Si](C)(C)C)[C@H]2O3)c(=O)n1[Si](C)(C)C. The quantitative estimate of drug-likeness (QED) is 0.471. The largest absolute Gasteiger partial charge is 0.454 e. The highest BCUT2D eigenvalue weighted by atomic mass is 28.4. The van der Waals surface area contributed by atoms with Crippen LogP contribution in [0.25, 0.3) is 11.2 Å². The third kappa shape index (κ3) is 5.58. The summed E-state index contributed by atoms with van der Waals surface area (Å²) in [5.74, 6) is 0.614. The van der Waals surface area contributed by atoms with Gasteiger partial charge >= 0.3 is 6.01 Å². The third-order valence-electron chi connectivity index (χ3n) is 5.79. The minimum absolute atomic E-state index is 0.131. The summed E-state index contributed by atoms with van der Waals surface area (Å²) >= 11 is 0. The Morgan fingerprint density at radius 1 is 0.944 bits per heavy atom. The van der Waals surface area contributed by atoms with Crippen molar-refractivity contribution >= 4 is 50.2 Å². The molecule has 36 heavy (non-hydrogen) atoms. The van der Waals surface area contributed by atoms with Crippen LogP contribution in [-0.4, -0.2) is 76.8 Å². The maximum Gasteiger partial charge on any atom is 0.301 e. The Bertz CT molecular complexity index is 1210. The Hall–Kier alpha value is -1.30. The van der Waals surface area contributed by atoms with Crippen LogP contribution in [0.3, 0.4) is 0 Å². The standard InChI is InChI=1S/C22H43N5O5Si4/c1-33(2,3)25-21-24-18-15(19(28)27(21)34(4,5)6)23-22-26(18)20-17(31-22)16(32-36(10,11)12)14(30-20)13-29-35(7,8)9/h14,16-17,20H,13H2,1-12H3,(H,24,25)/t14-,16-,17-,20-/m1/s1. The minimum atomic E-state index is -2.09. The monoisotopic (exact) mass is 569 g/mol. The zero-order valence-corrected chi connectivity index (χ0v) is 27.8. The topological polar surface area (TPSA) is 102 Å². The lowest BCUT2D eigenvalue weighted by Gasteiger charge is -2.30. The second-order valence-corrected chi connectivity index (χ2v) is 32.3. The van der Waals surface area contributed by atoms with Gasteiger partial charge in [-0.2, -0.15) is 9.97 Å². The van der Waals surface area contributed by atoms with Crippen molar-refractivity contribution in [2.24, 2.45) is 0 Å². The zero-order valence-electron chi connectivity index (χ0n) is 23.8. The Morgan fingerprint density at radius 3 is 2.11 bits per heavy atom. The molecule has 0 aromatic carbocycles. The summed E-state index contributed by atoms with van der Waals surface area (Å²) in [4.78, 5) is 26.9. The molecule has 0 spiro atoms. The van der Waals surface area contributed by atoms with E-state index in [1.54, 1.807) is 0 Å². The molecule has 0 saturated carbocycles. The molecule has 2 aliphatic heterocycles. The molecule has 0 unspecified atom stereocenters. The fourth-order valence-electron chi connectivity index (χ4n) is 4.54. The summed E-state index contributed by atoms with van der Waals surface area (Å²) in [6.07, 6.45) is -1.40. The van der Waals surface area contributed by atoms with Crippen LogP contribution in [0.15, 0.2) is 4.79 Å². The first kappa shape index (κ1) is 27.7. The van der Waals surface area contributed by atoms with Crippen LogP contribution in [-0.2, 0) is 13.6 Å². The van der Waals surface area contributed by atoms with Crippen LogP contribution in [0.5, 0.6) is 6.01 Å². The van der Waals surface area contributed by atoms with E-state index in [0.29, 0.717) is 29.7 Å². The van der Waals surface area contributed by atoms with E-state index in [4.69, 9.17) is 23.3 Å². The molecule has 0 radical (unpaired) electrons. The second-order valence-electron chi connectivity index (χ2n) is 13.8. The van der Waals surface area contributed by atoms with Crippen molar-refractivity contribution < 1.29 is 18.3 Å². The minimum Gasteiger partial charge on any atom is -0.454 e. The molecular formula is C22H43N5O5Si4. The predicted molar refractivity (Wildman–Crippen MR) is 153 cm³/mol. The number of aromatic nitrogens is 4. The molecular weight excluding hydrogens is 527 g/mol. The van der Waals surface area contributed by atoms with Gasteiger partial charge in [0, 0.05) is 0 Å². The van der Waals surface area contributed by atoms with E-state index in [9.17, 15) is 4.79 Å². The number of anilines is 1. The van der Waals surface area contributed by atoms with Gasteiger partial charge in [0.2, 0.25) is 0 Å². The number of hydrogen-bond acceptors (Lipinski definition) is 8. The highest BCUT2D eigenvalue weighted by Gasteiger charge is 2.55. The van der Waals surface area contributed by atoms with E-state index in [1.807, 2.05) is 8.80 Å². The molecule has 0 aliphatic carbocycles. The fraction of sp³-hybridized carbons (Fsp3) is 0.773. The number of imidazole rings is 1. The molecule has 4 heterocycles. The van der Waals surface area contributed by atoms with Crippen molar-refractivity contribution in [3.05, 3.63) is 10.4 Å². The summed E-state index contributed by atoms with van der Waals surface area (Å²) in [5.41, 5.74) is 0.685.